The Labute approximate surface area is 168 Å². The van der Waals surface area contributed by atoms with Gasteiger partial charge in [-0.25, -0.2) is 0 Å². The average molecular weight is 382 g/mol. The van der Waals surface area contributed by atoms with E-state index in [2.05, 4.69) is 58.9 Å². The van der Waals surface area contributed by atoms with E-state index in [4.69, 9.17) is 4.74 Å². The number of carbonyl (C=O) groups excluding carboxylic acids is 1. The van der Waals surface area contributed by atoms with Crippen LogP contribution in [0.2, 0.25) is 0 Å². The molecule has 1 saturated heterocycles. The highest BCUT2D eigenvalue weighted by molar-refractivity contribution is 5.77. The van der Waals surface area contributed by atoms with E-state index in [-0.39, 0.29) is 5.91 Å². The third-order valence-corrected chi connectivity index (χ3v) is 5.28. The number of piperidine rings is 1. The van der Waals surface area contributed by atoms with Crippen LogP contribution in [-0.4, -0.2) is 43.5 Å². The van der Waals surface area contributed by atoms with Crippen molar-refractivity contribution in [3.8, 4) is 5.75 Å². The fourth-order valence-electron chi connectivity index (χ4n) is 3.39. The van der Waals surface area contributed by atoms with Crippen LogP contribution < -0.4 is 15.4 Å². The Morgan fingerprint density at radius 1 is 1.04 bits per heavy atom. The highest BCUT2D eigenvalue weighted by Gasteiger charge is 2.19. The van der Waals surface area contributed by atoms with Crippen molar-refractivity contribution in [1.82, 2.24) is 15.5 Å². The number of nitrogens with zero attached hydrogens (tertiary/aromatic N) is 1. The summed E-state index contributed by atoms with van der Waals surface area (Å²) in [6.45, 7) is 5.98. The van der Waals surface area contributed by atoms with Crippen molar-refractivity contribution in [2.75, 3.05) is 26.7 Å². The van der Waals surface area contributed by atoms with Gasteiger partial charge in [-0.2, -0.15) is 0 Å². The molecule has 1 fully saturated rings. The molecule has 0 unspecified atom stereocenters. The lowest BCUT2D eigenvalue weighted by Gasteiger charge is -2.31. The van der Waals surface area contributed by atoms with Crippen LogP contribution in [0.25, 0.3) is 0 Å². The molecule has 0 aromatic heterocycles. The Kier molecular flexibility index (Phi) is 7.46. The van der Waals surface area contributed by atoms with E-state index >= 15 is 0 Å². The lowest BCUT2D eigenvalue weighted by molar-refractivity contribution is -0.122. The first-order chi connectivity index (χ1) is 13.6. The number of aryl methyl sites for hydroxylation is 1. The number of benzene rings is 2. The first-order valence-electron chi connectivity index (χ1n) is 10.1. The molecule has 0 atom stereocenters. The molecule has 5 heteroatoms. The molecule has 2 aromatic carbocycles. The Bertz CT molecular complexity index is 735. The Hall–Kier alpha value is -2.37. The molecule has 0 aliphatic carbocycles. The van der Waals surface area contributed by atoms with Gasteiger partial charge in [-0.15, -0.1) is 0 Å². The number of likely N-dealkylation sites (tertiary alicyclic amines) is 1. The van der Waals surface area contributed by atoms with Crippen molar-refractivity contribution in [3.63, 3.8) is 0 Å². The minimum absolute atomic E-state index is 0.0936. The quantitative estimate of drug-likeness (QED) is 0.738. The van der Waals surface area contributed by atoms with E-state index in [9.17, 15) is 4.79 Å². The molecule has 0 spiro atoms. The van der Waals surface area contributed by atoms with Gasteiger partial charge in [0.25, 0.3) is 0 Å². The van der Waals surface area contributed by atoms with Crippen LogP contribution in [0.4, 0.5) is 0 Å². The molecule has 3 rings (SSSR count). The summed E-state index contributed by atoms with van der Waals surface area (Å²) in [5.41, 5.74) is 3.70. The van der Waals surface area contributed by atoms with E-state index < -0.39 is 0 Å². The molecular weight excluding hydrogens is 350 g/mol. The van der Waals surface area contributed by atoms with Crippen LogP contribution in [0, 0.1) is 6.92 Å². The molecular formula is C23H31N3O2. The molecule has 2 N–H and O–H groups in total. The summed E-state index contributed by atoms with van der Waals surface area (Å²) in [7, 11) is 1.69. The van der Waals surface area contributed by atoms with Crippen LogP contribution in [0.5, 0.6) is 5.75 Å². The van der Waals surface area contributed by atoms with Crippen LogP contribution >= 0.6 is 0 Å². The number of hydrogen-bond donors (Lipinski definition) is 2. The SMILES string of the molecule is CNC(=O)CN1CCC(NCc2ccc(OCc3ccc(C)cc3)cc2)CC1. The molecule has 0 saturated carbocycles. The smallest absolute Gasteiger partial charge is 0.233 e. The second kappa shape index (κ2) is 10.2. The maximum Gasteiger partial charge on any atom is 0.233 e. The van der Waals surface area contributed by atoms with Crippen molar-refractivity contribution in [3.05, 3.63) is 65.2 Å². The van der Waals surface area contributed by atoms with Gasteiger partial charge in [0.05, 0.1) is 6.54 Å². The van der Waals surface area contributed by atoms with Crippen molar-refractivity contribution in [2.45, 2.75) is 39.0 Å². The van der Waals surface area contributed by atoms with Gasteiger partial charge in [-0.05, 0) is 43.0 Å². The minimum atomic E-state index is 0.0936. The van der Waals surface area contributed by atoms with E-state index in [0.717, 1.165) is 38.2 Å². The molecule has 1 amide bonds. The molecule has 28 heavy (non-hydrogen) atoms. The first-order valence-corrected chi connectivity index (χ1v) is 10.1. The van der Waals surface area contributed by atoms with Crippen molar-refractivity contribution in [1.29, 1.82) is 0 Å². The molecule has 150 valence electrons. The van der Waals surface area contributed by atoms with Crippen molar-refractivity contribution in [2.24, 2.45) is 0 Å². The van der Waals surface area contributed by atoms with E-state index in [0.29, 0.717) is 19.2 Å². The number of carbonyl (C=O) groups is 1. The zero-order valence-corrected chi connectivity index (χ0v) is 16.9. The molecule has 2 aromatic rings. The van der Waals surface area contributed by atoms with E-state index in [1.165, 1.54) is 16.7 Å². The number of ether oxygens (including phenoxy) is 1. The van der Waals surface area contributed by atoms with E-state index in [1.807, 2.05) is 12.1 Å². The average Bonchev–Trinajstić information content (AvgIpc) is 2.73. The van der Waals surface area contributed by atoms with E-state index in [1.54, 1.807) is 7.05 Å². The molecule has 0 bridgehead atoms. The molecule has 1 aliphatic rings. The molecule has 1 aliphatic heterocycles. The normalized spacial score (nSPS) is 15.4. The van der Waals surface area contributed by atoms with Crippen LogP contribution in [-0.2, 0) is 17.9 Å². The number of rotatable bonds is 8. The monoisotopic (exact) mass is 381 g/mol. The van der Waals surface area contributed by atoms with Gasteiger partial charge in [0.1, 0.15) is 12.4 Å². The summed E-state index contributed by atoms with van der Waals surface area (Å²) in [4.78, 5) is 13.7. The number of hydrogen-bond acceptors (Lipinski definition) is 4. The number of likely N-dealkylation sites (N-methyl/N-ethyl adjacent to an activating group) is 1. The van der Waals surface area contributed by atoms with Gasteiger partial charge < -0.3 is 15.4 Å². The topological polar surface area (TPSA) is 53.6 Å². The highest BCUT2D eigenvalue weighted by Crippen LogP contribution is 2.16. The van der Waals surface area contributed by atoms with Crippen LogP contribution in [0.1, 0.15) is 29.5 Å². The lowest BCUT2D eigenvalue weighted by Crippen LogP contribution is -2.45. The predicted molar refractivity (Wildman–Crippen MR) is 112 cm³/mol. The standard InChI is InChI=1S/C23H31N3O2/c1-18-3-5-20(6-4-18)17-28-22-9-7-19(8-10-22)15-25-21-11-13-26(14-12-21)16-23(27)24-2/h3-10,21,25H,11-17H2,1-2H3,(H,24,27). The highest BCUT2D eigenvalue weighted by atomic mass is 16.5. The van der Waals surface area contributed by atoms with Gasteiger partial charge in [0.15, 0.2) is 0 Å². The zero-order chi connectivity index (χ0) is 19.8. The van der Waals surface area contributed by atoms with Gasteiger partial charge in [0, 0.05) is 32.7 Å². The van der Waals surface area contributed by atoms with Crippen molar-refractivity contribution >= 4 is 5.91 Å². The maximum atomic E-state index is 11.5. The Morgan fingerprint density at radius 2 is 1.68 bits per heavy atom. The molecule has 0 radical (unpaired) electrons. The fraction of sp³-hybridized carbons (Fsp3) is 0.435. The fourth-order valence-corrected chi connectivity index (χ4v) is 3.39. The van der Waals surface area contributed by atoms with Crippen LogP contribution in [0.3, 0.4) is 0 Å². The largest absolute Gasteiger partial charge is 0.489 e. The van der Waals surface area contributed by atoms with Crippen LogP contribution in [0.15, 0.2) is 48.5 Å². The van der Waals surface area contributed by atoms with Gasteiger partial charge in [-0.3, -0.25) is 9.69 Å². The molecule has 1 heterocycles. The summed E-state index contributed by atoms with van der Waals surface area (Å²) in [6, 6.07) is 17.3. The van der Waals surface area contributed by atoms with Gasteiger partial charge in [-0.1, -0.05) is 42.0 Å². The van der Waals surface area contributed by atoms with Crippen molar-refractivity contribution < 1.29 is 9.53 Å². The summed E-state index contributed by atoms with van der Waals surface area (Å²) in [5, 5.41) is 6.33. The number of nitrogens with one attached hydrogen (secondary N) is 2. The number of amides is 1. The minimum Gasteiger partial charge on any atom is -0.489 e. The Morgan fingerprint density at radius 3 is 2.32 bits per heavy atom. The van der Waals surface area contributed by atoms with Gasteiger partial charge in [0.2, 0.25) is 5.91 Å². The molecule has 5 nitrogen and oxygen atoms in total. The Balaban J connectivity index is 1.38. The zero-order valence-electron chi connectivity index (χ0n) is 16.9. The maximum absolute atomic E-state index is 11.5. The second-order valence-electron chi connectivity index (χ2n) is 7.52. The summed E-state index contributed by atoms with van der Waals surface area (Å²) < 4.78 is 5.88. The third-order valence-electron chi connectivity index (χ3n) is 5.28. The lowest BCUT2D eigenvalue weighted by atomic mass is 10.0. The summed E-state index contributed by atoms with van der Waals surface area (Å²) in [5.74, 6) is 0.989. The third kappa shape index (κ3) is 6.36. The first kappa shape index (κ1) is 20.4. The predicted octanol–water partition coefficient (Wildman–Crippen LogP) is 2.87. The van der Waals surface area contributed by atoms with Gasteiger partial charge >= 0.3 is 0 Å². The second-order valence-corrected chi connectivity index (χ2v) is 7.52. The summed E-state index contributed by atoms with van der Waals surface area (Å²) in [6.07, 6.45) is 2.16. The summed E-state index contributed by atoms with van der Waals surface area (Å²) >= 11 is 0.